The maximum absolute atomic E-state index is 12.7. The second-order valence-corrected chi connectivity index (χ2v) is 9.63. The van der Waals surface area contributed by atoms with Crippen LogP contribution in [0.1, 0.15) is 45.7 Å². The van der Waals surface area contributed by atoms with Crippen molar-refractivity contribution < 1.29 is 23.9 Å². The Morgan fingerprint density at radius 3 is 2.22 bits per heavy atom. The Morgan fingerprint density at radius 2 is 1.69 bits per heavy atom. The van der Waals surface area contributed by atoms with Crippen molar-refractivity contribution in [2.45, 2.75) is 45.8 Å². The second kappa shape index (κ2) is 11.7. The van der Waals surface area contributed by atoms with Gasteiger partial charge in [-0.2, -0.15) is 0 Å². The maximum atomic E-state index is 12.7. The van der Waals surface area contributed by atoms with E-state index in [0.717, 1.165) is 11.3 Å². The number of benzene rings is 1. The Kier molecular flexibility index (Phi) is 8.73. The van der Waals surface area contributed by atoms with Crippen molar-refractivity contribution in [2.24, 2.45) is 0 Å². The van der Waals surface area contributed by atoms with Crippen LogP contribution in [0.4, 0.5) is 16.3 Å². The zero-order valence-corrected chi connectivity index (χ0v) is 21.5. The molecule has 0 spiro atoms. The zero-order chi connectivity index (χ0) is 26.3. The molecule has 1 aromatic carbocycles. The number of anilines is 2. The summed E-state index contributed by atoms with van der Waals surface area (Å²) >= 11 is 0. The van der Waals surface area contributed by atoms with Gasteiger partial charge in [-0.05, 0) is 50.6 Å². The SMILES string of the molecule is COc1ccc(C(CC(=O)Nc2ccc(N3CCN(C(=O)OC(C)(C)C)CC3)cn2)NC(C)=O)cc1. The highest BCUT2D eigenvalue weighted by atomic mass is 16.6. The minimum Gasteiger partial charge on any atom is -0.497 e. The Hall–Kier alpha value is -3.82. The first-order chi connectivity index (χ1) is 17.0. The number of hydrogen-bond acceptors (Lipinski definition) is 7. The van der Waals surface area contributed by atoms with Crippen molar-refractivity contribution in [2.75, 3.05) is 43.5 Å². The summed E-state index contributed by atoms with van der Waals surface area (Å²) in [5, 5.41) is 5.62. The van der Waals surface area contributed by atoms with Crippen molar-refractivity contribution in [1.29, 1.82) is 0 Å². The number of piperazine rings is 1. The van der Waals surface area contributed by atoms with Crippen LogP contribution in [0.25, 0.3) is 0 Å². The van der Waals surface area contributed by atoms with Crippen LogP contribution in [0.15, 0.2) is 42.6 Å². The molecule has 2 N–H and O–H groups in total. The lowest BCUT2D eigenvalue weighted by Crippen LogP contribution is -2.50. The number of methoxy groups -OCH3 is 1. The summed E-state index contributed by atoms with van der Waals surface area (Å²) in [7, 11) is 1.58. The largest absolute Gasteiger partial charge is 0.497 e. The number of carbonyl (C=O) groups excluding carboxylic acids is 3. The zero-order valence-electron chi connectivity index (χ0n) is 21.5. The monoisotopic (exact) mass is 497 g/mol. The van der Waals surface area contributed by atoms with Crippen LogP contribution >= 0.6 is 0 Å². The Labute approximate surface area is 212 Å². The van der Waals surface area contributed by atoms with Gasteiger partial charge in [-0.15, -0.1) is 0 Å². The van der Waals surface area contributed by atoms with E-state index in [1.165, 1.54) is 6.92 Å². The lowest BCUT2D eigenvalue weighted by Gasteiger charge is -2.36. The second-order valence-electron chi connectivity index (χ2n) is 9.63. The number of aromatic nitrogens is 1. The summed E-state index contributed by atoms with van der Waals surface area (Å²) in [6.07, 6.45) is 1.46. The van der Waals surface area contributed by atoms with E-state index in [1.807, 2.05) is 39.0 Å². The van der Waals surface area contributed by atoms with Gasteiger partial charge in [0.1, 0.15) is 17.2 Å². The fourth-order valence-corrected chi connectivity index (χ4v) is 3.83. The first kappa shape index (κ1) is 26.8. The quantitative estimate of drug-likeness (QED) is 0.603. The van der Waals surface area contributed by atoms with Gasteiger partial charge in [-0.25, -0.2) is 9.78 Å². The molecule has 3 rings (SSSR count). The molecule has 194 valence electrons. The fraction of sp³-hybridized carbons (Fsp3) is 0.462. The van der Waals surface area contributed by atoms with Crippen molar-refractivity contribution in [3.05, 3.63) is 48.2 Å². The summed E-state index contributed by atoms with van der Waals surface area (Å²) in [4.78, 5) is 44.9. The summed E-state index contributed by atoms with van der Waals surface area (Å²) in [6, 6.07) is 10.4. The predicted octanol–water partition coefficient (Wildman–Crippen LogP) is 3.35. The molecule has 1 atom stereocenters. The number of amides is 3. The molecule has 10 heteroatoms. The van der Waals surface area contributed by atoms with Crippen molar-refractivity contribution in [3.8, 4) is 5.75 Å². The van der Waals surface area contributed by atoms with E-state index in [-0.39, 0.29) is 24.3 Å². The van der Waals surface area contributed by atoms with E-state index in [9.17, 15) is 14.4 Å². The molecule has 0 radical (unpaired) electrons. The number of ether oxygens (including phenoxy) is 2. The molecule has 2 heterocycles. The molecule has 1 unspecified atom stereocenters. The molecule has 2 aromatic rings. The number of hydrogen-bond donors (Lipinski definition) is 2. The van der Waals surface area contributed by atoms with Crippen molar-refractivity contribution >= 4 is 29.4 Å². The molecular formula is C26H35N5O5. The van der Waals surface area contributed by atoms with Crippen LogP contribution in [0.2, 0.25) is 0 Å². The summed E-state index contributed by atoms with van der Waals surface area (Å²) in [5.74, 6) is 0.626. The summed E-state index contributed by atoms with van der Waals surface area (Å²) in [5.41, 5.74) is 1.19. The number of pyridine rings is 1. The molecule has 1 fully saturated rings. The third-order valence-electron chi connectivity index (χ3n) is 5.60. The summed E-state index contributed by atoms with van der Waals surface area (Å²) < 4.78 is 10.6. The highest BCUT2D eigenvalue weighted by Crippen LogP contribution is 2.22. The maximum Gasteiger partial charge on any atom is 0.410 e. The minimum absolute atomic E-state index is 0.0575. The van der Waals surface area contributed by atoms with Crippen LogP contribution in [-0.4, -0.2) is 66.7 Å². The molecule has 36 heavy (non-hydrogen) atoms. The topological polar surface area (TPSA) is 113 Å². The van der Waals surface area contributed by atoms with Crippen LogP contribution < -0.4 is 20.3 Å². The minimum atomic E-state index is -0.519. The van der Waals surface area contributed by atoms with E-state index < -0.39 is 11.6 Å². The van der Waals surface area contributed by atoms with E-state index in [1.54, 1.807) is 36.4 Å². The molecule has 1 aliphatic rings. The normalized spacial score (nSPS) is 14.6. The van der Waals surface area contributed by atoms with Gasteiger partial charge < -0.3 is 29.9 Å². The Morgan fingerprint density at radius 1 is 1.03 bits per heavy atom. The molecule has 1 aliphatic heterocycles. The smallest absolute Gasteiger partial charge is 0.410 e. The standard InChI is InChI=1S/C26H35N5O5/c1-18(32)28-22(19-6-9-21(35-5)10-7-19)16-24(33)29-23-11-8-20(17-27-23)30-12-14-31(15-13-30)25(34)36-26(2,3)4/h6-11,17,22H,12-16H2,1-5H3,(H,28,32)(H,27,29,33). The molecule has 10 nitrogen and oxygen atoms in total. The number of nitrogens with one attached hydrogen (secondary N) is 2. The highest BCUT2D eigenvalue weighted by molar-refractivity contribution is 5.90. The average molecular weight is 498 g/mol. The first-order valence-electron chi connectivity index (χ1n) is 11.9. The summed E-state index contributed by atoms with van der Waals surface area (Å²) in [6.45, 7) is 9.42. The fourth-order valence-electron chi connectivity index (χ4n) is 3.83. The van der Waals surface area contributed by atoms with Gasteiger partial charge >= 0.3 is 6.09 Å². The third-order valence-corrected chi connectivity index (χ3v) is 5.60. The molecule has 1 saturated heterocycles. The van der Waals surface area contributed by atoms with Gasteiger partial charge in [0, 0.05) is 33.1 Å². The van der Waals surface area contributed by atoms with Crippen LogP contribution in [0.5, 0.6) is 5.75 Å². The van der Waals surface area contributed by atoms with Crippen LogP contribution in [-0.2, 0) is 14.3 Å². The third kappa shape index (κ3) is 7.86. The van der Waals surface area contributed by atoms with E-state index in [2.05, 4.69) is 20.5 Å². The van der Waals surface area contributed by atoms with Crippen molar-refractivity contribution in [1.82, 2.24) is 15.2 Å². The molecule has 1 aromatic heterocycles. The number of carbonyl (C=O) groups is 3. The average Bonchev–Trinajstić information content (AvgIpc) is 2.83. The van der Waals surface area contributed by atoms with Gasteiger partial charge in [0.15, 0.2) is 0 Å². The molecule has 0 aliphatic carbocycles. The molecule has 0 saturated carbocycles. The predicted molar refractivity (Wildman–Crippen MR) is 137 cm³/mol. The van der Waals surface area contributed by atoms with E-state index in [4.69, 9.17) is 9.47 Å². The number of rotatable bonds is 7. The lowest BCUT2D eigenvalue weighted by atomic mass is 10.0. The number of nitrogens with zero attached hydrogens (tertiary/aromatic N) is 3. The Balaban J connectivity index is 1.54. The van der Waals surface area contributed by atoms with Crippen LogP contribution in [0.3, 0.4) is 0 Å². The highest BCUT2D eigenvalue weighted by Gasteiger charge is 2.26. The van der Waals surface area contributed by atoms with Gasteiger partial charge in [0.05, 0.1) is 31.5 Å². The molecule has 0 bridgehead atoms. The molecule has 3 amide bonds. The van der Waals surface area contributed by atoms with E-state index in [0.29, 0.717) is 37.7 Å². The van der Waals surface area contributed by atoms with Gasteiger partial charge in [-0.1, -0.05) is 12.1 Å². The van der Waals surface area contributed by atoms with E-state index >= 15 is 0 Å². The molecular weight excluding hydrogens is 462 g/mol. The van der Waals surface area contributed by atoms with Gasteiger partial charge in [0.2, 0.25) is 11.8 Å². The Bertz CT molecular complexity index is 1040. The van der Waals surface area contributed by atoms with Crippen LogP contribution in [0, 0.1) is 0 Å². The lowest BCUT2D eigenvalue weighted by molar-refractivity contribution is -0.120. The first-order valence-corrected chi connectivity index (χ1v) is 11.9. The van der Waals surface area contributed by atoms with Gasteiger partial charge in [0.25, 0.3) is 0 Å². The van der Waals surface area contributed by atoms with Crippen molar-refractivity contribution in [3.63, 3.8) is 0 Å². The van der Waals surface area contributed by atoms with Gasteiger partial charge in [-0.3, -0.25) is 9.59 Å².